The second-order valence-electron chi connectivity index (χ2n) is 11.1. The molecular weight excluding hydrogens is 560 g/mol. The first kappa shape index (κ1) is 26.3. The predicted octanol–water partition coefficient (Wildman–Crippen LogP) is 3.21. The Hall–Kier alpha value is -4.58. The Morgan fingerprint density at radius 2 is 2.05 bits per heavy atom. The molecule has 7 rings (SSSR count). The smallest absolute Gasteiger partial charge is 0.405 e. The maximum atomic E-state index is 13.4. The van der Waals surface area contributed by atoms with Gasteiger partial charge in [0, 0.05) is 35.3 Å². The van der Waals surface area contributed by atoms with Crippen LogP contribution in [0.15, 0.2) is 43.0 Å². The zero-order valence-electron chi connectivity index (χ0n) is 22.6. The van der Waals surface area contributed by atoms with Crippen LogP contribution in [0.5, 0.6) is 5.75 Å². The van der Waals surface area contributed by atoms with Crippen LogP contribution in [0.2, 0.25) is 5.02 Å². The molecule has 1 unspecified atom stereocenters. The molecule has 0 bridgehead atoms. The van der Waals surface area contributed by atoms with Crippen molar-refractivity contribution in [1.82, 2.24) is 30.2 Å². The van der Waals surface area contributed by atoms with Gasteiger partial charge in [0.2, 0.25) is 5.91 Å². The minimum absolute atomic E-state index is 0.0973. The third-order valence-electron chi connectivity index (χ3n) is 8.25. The summed E-state index contributed by atoms with van der Waals surface area (Å²) in [6.45, 7) is 1.61. The summed E-state index contributed by atoms with van der Waals surface area (Å²) in [5.41, 5.74) is 10.6. The van der Waals surface area contributed by atoms with E-state index in [1.54, 1.807) is 6.33 Å². The van der Waals surface area contributed by atoms with E-state index in [9.17, 15) is 14.7 Å². The van der Waals surface area contributed by atoms with Crippen molar-refractivity contribution in [2.75, 3.05) is 30.3 Å². The number of halogens is 1. The molecule has 2 aliphatic heterocycles. The summed E-state index contributed by atoms with van der Waals surface area (Å²) < 4.78 is 7.64. The molecule has 12 nitrogen and oxygen atoms in total. The fourth-order valence-electron chi connectivity index (χ4n) is 5.98. The van der Waals surface area contributed by atoms with E-state index in [4.69, 9.17) is 22.1 Å². The summed E-state index contributed by atoms with van der Waals surface area (Å²) in [6.07, 6.45) is 4.78. The highest BCUT2D eigenvalue weighted by Gasteiger charge is 2.48. The lowest BCUT2D eigenvalue weighted by atomic mass is 9.95. The maximum Gasteiger partial charge on any atom is 0.405 e. The van der Waals surface area contributed by atoms with E-state index in [1.165, 1.54) is 6.33 Å². The van der Waals surface area contributed by atoms with E-state index in [-0.39, 0.29) is 18.5 Å². The Bertz CT molecular complexity index is 1740. The third kappa shape index (κ3) is 4.71. The average Bonchev–Trinajstić information content (AvgIpc) is 3.33. The zero-order valence-corrected chi connectivity index (χ0v) is 23.4. The summed E-state index contributed by atoms with van der Waals surface area (Å²) in [4.78, 5) is 40.2. The second-order valence-corrected chi connectivity index (χ2v) is 11.5. The van der Waals surface area contributed by atoms with Crippen LogP contribution in [0.4, 0.5) is 16.3 Å². The molecule has 4 aromatic rings. The van der Waals surface area contributed by atoms with Gasteiger partial charge in [-0.2, -0.15) is 0 Å². The summed E-state index contributed by atoms with van der Waals surface area (Å²) in [5, 5.41) is 15.7. The number of hydrogen-bond donors (Lipinski definition) is 4. The number of nitrogens with one attached hydrogen (secondary N) is 2. The van der Waals surface area contributed by atoms with E-state index < -0.39 is 11.6 Å². The summed E-state index contributed by atoms with van der Waals surface area (Å²) >= 11 is 6.76. The van der Waals surface area contributed by atoms with Gasteiger partial charge in [0.05, 0.1) is 26.0 Å². The van der Waals surface area contributed by atoms with Crippen molar-refractivity contribution >= 4 is 46.3 Å². The highest BCUT2D eigenvalue weighted by atomic mass is 35.5. The number of carbonyl (C=O) groups excluding carboxylic acids is 1. The van der Waals surface area contributed by atoms with Crippen LogP contribution in [0.25, 0.3) is 22.3 Å². The Balaban J connectivity index is 1.34. The van der Waals surface area contributed by atoms with E-state index >= 15 is 0 Å². The Labute approximate surface area is 245 Å². The summed E-state index contributed by atoms with van der Waals surface area (Å²) in [7, 11) is 0. The van der Waals surface area contributed by atoms with Gasteiger partial charge in [0.25, 0.3) is 0 Å². The maximum absolute atomic E-state index is 13.4. The lowest BCUT2D eigenvalue weighted by molar-refractivity contribution is -0.126. The Morgan fingerprint density at radius 3 is 2.86 bits per heavy atom. The van der Waals surface area contributed by atoms with Gasteiger partial charge in [-0.05, 0) is 60.2 Å². The molecule has 2 aromatic carbocycles. The van der Waals surface area contributed by atoms with Crippen molar-refractivity contribution < 1.29 is 19.4 Å². The van der Waals surface area contributed by atoms with Crippen molar-refractivity contribution in [1.29, 1.82) is 0 Å². The number of benzene rings is 2. The molecule has 4 heterocycles. The number of rotatable bonds is 7. The van der Waals surface area contributed by atoms with Gasteiger partial charge >= 0.3 is 6.09 Å². The van der Waals surface area contributed by atoms with Gasteiger partial charge in [0.1, 0.15) is 23.1 Å². The minimum atomic E-state index is -1.29. The predicted molar refractivity (Wildman–Crippen MR) is 157 cm³/mol. The van der Waals surface area contributed by atoms with E-state index in [2.05, 4.69) is 31.7 Å². The number of carboxylic acid groups (broad SMARTS) is 1. The molecule has 0 spiro atoms. The number of aromatic nitrogens is 4. The van der Waals surface area contributed by atoms with Crippen molar-refractivity contribution in [2.45, 2.75) is 43.8 Å². The molecule has 2 fully saturated rings. The fourth-order valence-corrected chi connectivity index (χ4v) is 6.20. The van der Waals surface area contributed by atoms with Crippen LogP contribution in [0.3, 0.4) is 0 Å². The first-order valence-corrected chi connectivity index (χ1v) is 14.2. The van der Waals surface area contributed by atoms with Gasteiger partial charge < -0.3 is 35.7 Å². The van der Waals surface area contributed by atoms with Gasteiger partial charge in [-0.1, -0.05) is 17.7 Å². The number of hydrogen-bond acceptors (Lipinski definition) is 8. The number of amides is 2. The second kappa shape index (κ2) is 10.1. The molecular formula is C29H29ClN8O4. The summed E-state index contributed by atoms with van der Waals surface area (Å²) in [6, 6.07) is 10.0. The van der Waals surface area contributed by atoms with Crippen molar-refractivity contribution in [3.8, 4) is 16.9 Å². The number of carbonyl (C=O) groups is 2. The highest BCUT2D eigenvalue weighted by molar-refractivity contribution is 6.31. The van der Waals surface area contributed by atoms with Gasteiger partial charge in [0.15, 0.2) is 11.5 Å². The van der Waals surface area contributed by atoms with Crippen LogP contribution in [-0.2, 0) is 17.8 Å². The monoisotopic (exact) mass is 588 g/mol. The Kier molecular flexibility index (Phi) is 6.30. The normalized spacial score (nSPS) is 19.5. The zero-order chi connectivity index (χ0) is 29.0. The molecule has 42 heavy (non-hydrogen) atoms. The lowest BCUT2D eigenvalue weighted by Gasteiger charge is -2.30. The molecule has 1 aliphatic carbocycles. The first-order valence-electron chi connectivity index (χ1n) is 13.9. The number of fused-ring (bicyclic) bond motifs is 2. The number of nitrogen functional groups attached to an aromatic ring is 1. The molecule has 1 atom stereocenters. The number of ether oxygens (including phenoxy) is 1. The van der Waals surface area contributed by atoms with Gasteiger partial charge in [-0.15, -0.1) is 0 Å². The number of anilines is 2. The molecule has 1 saturated heterocycles. The topological polar surface area (TPSA) is 161 Å². The average molecular weight is 589 g/mol. The van der Waals surface area contributed by atoms with Crippen molar-refractivity contribution in [3.05, 3.63) is 59.1 Å². The number of nitrogens with zero attached hydrogens (tertiary/aromatic N) is 5. The number of nitrogens with two attached hydrogens (primary N) is 1. The lowest BCUT2D eigenvalue weighted by Crippen LogP contribution is -2.60. The van der Waals surface area contributed by atoms with Crippen molar-refractivity contribution in [2.24, 2.45) is 0 Å². The van der Waals surface area contributed by atoms with E-state index in [0.29, 0.717) is 48.1 Å². The van der Waals surface area contributed by atoms with Crippen LogP contribution in [0.1, 0.15) is 30.4 Å². The SMILES string of the molecule is Nc1ncnc2c1ncn2Cc1c(-c2ccc3c(c2)CCO3)cc(Cl)cc1N1CCC(NC(=O)O)(C(=O)NC2CC2)C1. The molecule has 13 heteroatoms. The first-order chi connectivity index (χ1) is 20.3. The van der Waals surface area contributed by atoms with Crippen LogP contribution >= 0.6 is 11.6 Å². The summed E-state index contributed by atoms with van der Waals surface area (Å²) in [5.74, 6) is 0.867. The van der Waals surface area contributed by atoms with Crippen molar-refractivity contribution in [3.63, 3.8) is 0 Å². The fraction of sp³-hybridized carbons (Fsp3) is 0.345. The van der Waals surface area contributed by atoms with Gasteiger partial charge in [-0.3, -0.25) is 4.79 Å². The van der Waals surface area contributed by atoms with Crippen LogP contribution < -0.4 is 26.0 Å². The highest BCUT2D eigenvalue weighted by Crippen LogP contribution is 2.41. The minimum Gasteiger partial charge on any atom is -0.493 e. The van der Waals surface area contributed by atoms with E-state index in [1.807, 2.05) is 33.7 Å². The number of imidazole rings is 1. The largest absolute Gasteiger partial charge is 0.493 e. The third-order valence-corrected chi connectivity index (χ3v) is 8.47. The Morgan fingerprint density at radius 1 is 1.19 bits per heavy atom. The quantitative estimate of drug-likeness (QED) is 0.254. The van der Waals surface area contributed by atoms with Gasteiger partial charge in [-0.25, -0.2) is 19.7 Å². The standard InChI is InChI=1S/C29H29ClN8O4/c30-18-10-20(16-1-4-23-17(9-16)5-8-42-23)21(12-38-15-34-24-25(31)32-14-33-26(24)38)22(11-18)37-7-6-29(13-37,36-28(40)41)27(39)35-19-2-3-19/h1,4,9-11,14-15,19,36H,2-3,5-8,12-13H2,(H,35,39)(H,40,41)(H2,31,32,33). The molecule has 2 amide bonds. The molecule has 5 N–H and O–H groups in total. The van der Waals surface area contributed by atoms with Crippen LogP contribution in [-0.4, -0.2) is 67.9 Å². The molecule has 3 aliphatic rings. The molecule has 216 valence electrons. The molecule has 2 aromatic heterocycles. The van der Waals surface area contributed by atoms with Crippen LogP contribution in [0, 0.1) is 0 Å². The molecule has 0 radical (unpaired) electrons. The molecule has 1 saturated carbocycles. The van der Waals surface area contributed by atoms with E-state index in [0.717, 1.165) is 53.0 Å².